The maximum atomic E-state index is 12.5. The number of aromatic nitrogens is 1. The van der Waals surface area contributed by atoms with Crippen LogP contribution >= 0.6 is 11.3 Å². The second-order valence-electron chi connectivity index (χ2n) is 6.23. The van der Waals surface area contributed by atoms with E-state index in [2.05, 4.69) is 29.4 Å². The van der Waals surface area contributed by atoms with Crippen molar-refractivity contribution in [2.24, 2.45) is 0 Å². The van der Waals surface area contributed by atoms with Gasteiger partial charge in [0.25, 0.3) is 5.91 Å². The molecule has 1 aliphatic carbocycles. The monoisotopic (exact) mass is 314 g/mol. The van der Waals surface area contributed by atoms with Gasteiger partial charge >= 0.3 is 0 Å². The smallest absolute Gasteiger partial charge is 0.252 e. The zero-order valence-electron chi connectivity index (χ0n) is 13.1. The molecule has 1 aliphatic rings. The Hall–Kier alpha value is -1.68. The molecule has 116 valence electrons. The van der Waals surface area contributed by atoms with Crippen LogP contribution < -0.4 is 5.32 Å². The molecule has 1 saturated carbocycles. The Kier molecular flexibility index (Phi) is 4.30. The number of nitrogens with zero attached hydrogens (tertiary/aromatic N) is 1. The van der Waals surface area contributed by atoms with Gasteiger partial charge in [0, 0.05) is 17.1 Å². The summed E-state index contributed by atoms with van der Waals surface area (Å²) in [5.41, 5.74) is 1.68. The Morgan fingerprint density at radius 2 is 2.09 bits per heavy atom. The van der Waals surface area contributed by atoms with E-state index in [1.165, 1.54) is 24.8 Å². The second kappa shape index (κ2) is 6.21. The van der Waals surface area contributed by atoms with Gasteiger partial charge in [0.1, 0.15) is 5.01 Å². The first-order valence-corrected chi connectivity index (χ1v) is 8.83. The summed E-state index contributed by atoms with van der Waals surface area (Å²) in [4.78, 5) is 16.9. The summed E-state index contributed by atoms with van der Waals surface area (Å²) in [6, 6.07) is 8.10. The SMILES string of the molecule is CCC(C)(NC(=O)c1ccc(C2CCC2)cc1)c1nccs1. The third-order valence-electron chi connectivity index (χ3n) is 4.75. The molecule has 3 rings (SSSR count). The normalized spacial score (nSPS) is 17.5. The van der Waals surface area contributed by atoms with Crippen LogP contribution in [0, 0.1) is 0 Å². The molecule has 0 radical (unpaired) electrons. The van der Waals surface area contributed by atoms with Crippen LogP contribution in [0.1, 0.15) is 66.4 Å². The Bertz CT molecular complexity index is 632. The maximum Gasteiger partial charge on any atom is 0.252 e. The van der Waals surface area contributed by atoms with Crippen LogP contribution in [-0.4, -0.2) is 10.9 Å². The molecule has 1 amide bonds. The first kappa shape index (κ1) is 15.2. The molecule has 2 aromatic rings. The number of rotatable bonds is 5. The van der Waals surface area contributed by atoms with E-state index in [4.69, 9.17) is 0 Å². The standard InChI is InChI=1S/C18H22N2OS/c1-3-18(2,17-19-11-12-22-17)20-16(21)15-9-7-14(8-10-15)13-5-4-6-13/h7-13H,3-6H2,1-2H3,(H,20,21). The summed E-state index contributed by atoms with van der Waals surface area (Å²) in [6.45, 7) is 4.10. The fourth-order valence-electron chi connectivity index (χ4n) is 2.76. The number of amides is 1. The molecule has 1 atom stereocenters. The third-order valence-corrected chi connectivity index (χ3v) is 5.79. The molecule has 1 aromatic heterocycles. The van der Waals surface area contributed by atoms with Gasteiger partial charge in [-0.3, -0.25) is 4.79 Å². The van der Waals surface area contributed by atoms with Gasteiger partial charge in [0.2, 0.25) is 0 Å². The van der Waals surface area contributed by atoms with Crippen molar-refractivity contribution in [3.8, 4) is 0 Å². The number of hydrogen-bond donors (Lipinski definition) is 1. The lowest BCUT2D eigenvalue weighted by atomic mass is 9.80. The predicted molar refractivity (Wildman–Crippen MR) is 90.3 cm³/mol. The molecule has 0 saturated heterocycles. The molecule has 4 heteroatoms. The lowest BCUT2D eigenvalue weighted by Gasteiger charge is -2.28. The summed E-state index contributed by atoms with van der Waals surface area (Å²) in [5, 5.41) is 6.05. The minimum absolute atomic E-state index is 0.0280. The Morgan fingerprint density at radius 3 is 2.59 bits per heavy atom. The number of benzene rings is 1. The summed E-state index contributed by atoms with van der Waals surface area (Å²) < 4.78 is 0. The van der Waals surface area contributed by atoms with Gasteiger partial charge in [-0.05, 0) is 49.8 Å². The van der Waals surface area contributed by atoms with Crippen molar-refractivity contribution in [2.75, 3.05) is 0 Å². The highest BCUT2D eigenvalue weighted by Crippen LogP contribution is 2.36. The van der Waals surface area contributed by atoms with Crippen molar-refractivity contribution in [2.45, 2.75) is 51.0 Å². The molecule has 1 aromatic carbocycles. The molecule has 0 aliphatic heterocycles. The largest absolute Gasteiger partial charge is 0.340 e. The second-order valence-corrected chi connectivity index (χ2v) is 7.12. The first-order chi connectivity index (χ1) is 10.6. The number of hydrogen-bond acceptors (Lipinski definition) is 3. The van der Waals surface area contributed by atoms with E-state index < -0.39 is 5.54 Å². The zero-order valence-corrected chi connectivity index (χ0v) is 14.0. The van der Waals surface area contributed by atoms with E-state index in [0.717, 1.165) is 17.0 Å². The van der Waals surface area contributed by atoms with E-state index in [0.29, 0.717) is 5.92 Å². The van der Waals surface area contributed by atoms with Crippen molar-refractivity contribution in [1.82, 2.24) is 10.3 Å². The Morgan fingerprint density at radius 1 is 1.36 bits per heavy atom. The van der Waals surface area contributed by atoms with E-state index in [1.807, 2.05) is 24.4 Å². The lowest BCUT2D eigenvalue weighted by molar-refractivity contribution is 0.0902. The highest BCUT2D eigenvalue weighted by Gasteiger charge is 2.29. The zero-order chi connectivity index (χ0) is 15.6. The van der Waals surface area contributed by atoms with Gasteiger partial charge in [0.05, 0.1) is 5.54 Å². The van der Waals surface area contributed by atoms with E-state index >= 15 is 0 Å². The van der Waals surface area contributed by atoms with Crippen LogP contribution in [0.15, 0.2) is 35.8 Å². The summed E-state index contributed by atoms with van der Waals surface area (Å²) in [6.07, 6.45) is 6.49. The fraction of sp³-hybridized carbons (Fsp3) is 0.444. The van der Waals surface area contributed by atoms with Gasteiger partial charge in [-0.15, -0.1) is 11.3 Å². The van der Waals surface area contributed by atoms with Gasteiger partial charge in [-0.1, -0.05) is 25.5 Å². The number of thiazole rings is 1. The van der Waals surface area contributed by atoms with Crippen molar-refractivity contribution < 1.29 is 4.79 Å². The molecule has 1 heterocycles. The molecule has 22 heavy (non-hydrogen) atoms. The Balaban J connectivity index is 1.73. The van der Waals surface area contributed by atoms with Crippen LogP contribution in [0.25, 0.3) is 0 Å². The Labute approximate surface area is 135 Å². The molecular formula is C18H22N2OS. The third kappa shape index (κ3) is 2.93. The van der Waals surface area contributed by atoms with Crippen LogP contribution in [0.3, 0.4) is 0 Å². The summed E-state index contributed by atoms with van der Waals surface area (Å²) in [5.74, 6) is 0.674. The lowest BCUT2D eigenvalue weighted by Crippen LogP contribution is -2.43. The first-order valence-electron chi connectivity index (χ1n) is 7.95. The molecule has 1 fully saturated rings. The van der Waals surface area contributed by atoms with E-state index in [9.17, 15) is 4.79 Å². The molecular weight excluding hydrogens is 292 g/mol. The average molecular weight is 314 g/mol. The molecule has 1 N–H and O–H groups in total. The minimum atomic E-state index is -0.405. The van der Waals surface area contributed by atoms with E-state index in [-0.39, 0.29) is 5.91 Å². The van der Waals surface area contributed by atoms with Crippen molar-refractivity contribution >= 4 is 17.2 Å². The van der Waals surface area contributed by atoms with Crippen LogP contribution in [0.2, 0.25) is 0 Å². The minimum Gasteiger partial charge on any atom is -0.340 e. The number of nitrogens with one attached hydrogen (secondary N) is 1. The topological polar surface area (TPSA) is 42.0 Å². The number of carbonyl (C=O) groups is 1. The van der Waals surface area contributed by atoms with Crippen LogP contribution in [-0.2, 0) is 5.54 Å². The van der Waals surface area contributed by atoms with Crippen molar-refractivity contribution in [3.05, 3.63) is 52.0 Å². The van der Waals surface area contributed by atoms with Crippen LogP contribution in [0.5, 0.6) is 0 Å². The molecule has 0 spiro atoms. The van der Waals surface area contributed by atoms with Gasteiger partial charge in [-0.25, -0.2) is 4.98 Å². The number of carbonyl (C=O) groups excluding carboxylic acids is 1. The van der Waals surface area contributed by atoms with Crippen molar-refractivity contribution in [1.29, 1.82) is 0 Å². The van der Waals surface area contributed by atoms with E-state index in [1.54, 1.807) is 17.5 Å². The highest BCUT2D eigenvalue weighted by atomic mass is 32.1. The summed E-state index contributed by atoms with van der Waals surface area (Å²) >= 11 is 1.58. The highest BCUT2D eigenvalue weighted by molar-refractivity contribution is 7.09. The maximum absolute atomic E-state index is 12.5. The van der Waals surface area contributed by atoms with Gasteiger partial charge in [-0.2, -0.15) is 0 Å². The van der Waals surface area contributed by atoms with Crippen LogP contribution in [0.4, 0.5) is 0 Å². The predicted octanol–water partition coefficient (Wildman–Crippen LogP) is 4.47. The van der Waals surface area contributed by atoms with Crippen molar-refractivity contribution in [3.63, 3.8) is 0 Å². The summed E-state index contributed by atoms with van der Waals surface area (Å²) in [7, 11) is 0. The van der Waals surface area contributed by atoms with Gasteiger partial charge < -0.3 is 5.32 Å². The molecule has 3 nitrogen and oxygen atoms in total. The molecule has 1 unspecified atom stereocenters. The fourth-order valence-corrected chi connectivity index (χ4v) is 3.59. The quantitative estimate of drug-likeness (QED) is 0.885. The average Bonchev–Trinajstić information content (AvgIpc) is 3.01. The van der Waals surface area contributed by atoms with Gasteiger partial charge in [0.15, 0.2) is 0 Å². The molecule has 0 bridgehead atoms.